The molecule has 2 aliphatic heterocycles. The molecule has 0 radical (unpaired) electrons. The van der Waals surface area contributed by atoms with Crippen molar-refractivity contribution in [3.63, 3.8) is 0 Å². The van der Waals surface area contributed by atoms with Crippen LogP contribution in [-0.2, 0) is 20.7 Å². The first-order valence-electron chi connectivity index (χ1n) is 8.56. The molecule has 0 unspecified atom stereocenters. The molecule has 2 saturated heterocycles. The van der Waals surface area contributed by atoms with E-state index in [1.54, 1.807) is 4.90 Å². The first kappa shape index (κ1) is 19.7. The number of ether oxygens (including phenoxy) is 1. The highest BCUT2D eigenvalue weighted by molar-refractivity contribution is 5.87. The van der Waals surface area contributed by atoms with Gasteiger partial charge in [0.25, 0.3) is 0 Å². The summed E-state index contributed by atoms with van der Waals surface area (Å²) in [5.41, 5.74) is 6.50. The lowest BCUT2D eigenvalue weighted by Crippen LogP contribution is -2.61. The summed E-state index contributed by atoms with van der Waals surface area (Å²) < 4.78 is 5.30. The monoisotopic (exact) mass is 367 g/mol. The number of carbonyl (C=O) groups is 2. The van der Waals surface area contributed by atoms with E-state index in [4.69, 9.17) is 10.5 Å². The zero-order valence-electron chi connectivity index (χ0n) is 14.4. The quantitative estimate of drug-likeness (QED) is 0.858. The molecule has 2 amide bonds. The van der Waals surface area contributed by atoms with Gasteiger partial charge in [-0.1, -0.05) is 30.3 Å². The van der Waals surface area contributed by atoms with E-state index in [9.17, 15) is 9.59 Å². The fourth-order valence-corrected chi connectivity index (χ4v) is 3.31. The third kappa shape index (κ3) is 4.71. The molecular weight excluding hydrogens is 342 g/mol. The average Bonchev–Trinajstić information content (AvgIpc) is 2.63. The number of rotatable bonds is 3. The first-order chi connectivity index (χ1) is 11.6. The molecule has 2 aliphatic rings. The molecule has 0 aliphatic carbocycles. The Morgan fingerprint density at radius 1 is 1.00 bits per heavy atom. The van der Waals surface area contributed by atoms with Gasteiger partial charge in [-0.3, -0.25) is 9.59 Å². The number of hydrogen-bond acceptors (Lipinski definition) is 4. The summed E-state index contributed by atoms with van der Waals surface area (Å²) in [7, 11) is 0. The largest absolute Gasteiger partial charge is 0.381 e. The molecule has 1 aromatic rings. The van der Waals surface area contributed by atoms with Crippen LogP contribution < -0.4 is 5.73 Å². The molecule has 138 valence electrons. The van der Waals surface area contributed by atoms with Gasteiger partial charge in [0.15, 0.2) is 0 Å². The van der Waals surface area contributed by atoms with Gasteiger partial charge >= 0.3 is 0 Å². The van der Waals surface area contributed by atoms with E-state index in [-0.39, 0.29) is 24.2 Å². The van der Waals surface area contributed by atoms with E-state index >= 15 is 0 Å². The molecule has 3 rings (SSSR count). The van der Waals surface area contributed by atoms with Crippen LogP contribution in [0, 0.1) is 0 Å². The molecule has 2 heterocycles. The zero-order valence-corrected chi connectivity index (χ0v) is 15.2. The van der Waals surface area contributed by atoms with Gasteiger partial charge in [-0.2, -0.15) is 0 Å². The normalized spacial score (nSPS) is 19.9. The van der Waals surface area contributed by atoms with E-state index in [1.807, 2.05) is 35.2 Å². The Bertz CT molecular complexity index is 582. The lowest BCUT2D eigenvalue weighted by molar-refractivity contribution is -0.145. The minimum Gasteiger partial charge on any atom is -0.381 e. The van der Waals surface area contributed by atoms with E-state index in [2.05, 4.69) is 0 Å². The van der Waals surface area contributed by atoms with E-state index in [1.165, 1.54) is 0 Å². The number of amides is 2. The maximum atomic E-state index is 12.7. The molecule has 0 saturated carbocycles. The molecule has 0 bridgehead atoms. The van der Waals surface area contributed by atoms with Crippen molar-refractivity contribution in [1.29, 1.82) is 0 Å². The Morgan fingerprint density at radius 3 is 2.16 bits per heavy atom. The number of carbonyl (C=O) groups excluding carboxylic acids is 2. The molecule has 0 atom stereocenters. The SMILES string of the molecule is Cl.NC1(C(=O)N2CCN(C(=O)Cc3ccccc3)CC2)CCOCC1. The van der Waals surface area contributed by atoms with Crippen LogP contribution in [0.4, 0.5) is 0 Å². The second kappa shape index (κ2) is 8.65. The van der Waals surface area contributed by atoms with Crippen molar-refractivity contribution in [2.75, 3.05) is 39.4 Å². The molecule has 1 aromatic carbocycles. The number of benzene rings is 1. The molecule has 0 spiro atoms. The van der Waals surface area contributed by atoms with Crippen molar-refractivity contribution >= 4 is 24.2 Å². The molecular formula is C18H26ClN3O3. The summed E-state index contributed by atoms with van der Waals surface area (Å²) in [6.07, 6.45) is 1.55. The highest BCUT2D eigenvalue weighted by atomic mass is 35.5. The van der Waals surface area contributed by atoms with Crippen molar-refractivity contribution in [3.05, 3.63) is 35.9 Å². The minimum atomic E-state index is -0.797. The van der Waals surface area contributed by atoms with E-state index in [0.717, 1.165) is 5.56 Å². The molecule has 2 N–H and O–H groups in total. The van der Waals surface area contributed by atoms with Gasteiger partial charge in [-0.15, -0.1) is 12.4 Å². The van der Waals surface area contributed by atoms with Crippen LogP contribution in [0.25, 0.3) is 0 Å². The topological polar surface area (TPSA) is 75.9 Å². The Balaban J connectivity index is 0.00000225. The van der Waals surface area contributed by atoms with Crippen LogP contribution in [-0.4, -0.2) is 66.5 Å². The maximum Gasteiger partial charge on any atom is 0.242 e. The predicted octanol–water partition coefficient (Wildman–Crippen LogP) is 0.830. The van der Waals surface area contributed by atoms with Crippen molar-refractivity contribution < 1.29 is 14.3 Å². The summed E-state index contributed by atoms with van der Waals surface area (Å²) in [6, 6.07) is 9.74. The fraction of sp³-hybridized carbons (Fsp3) is 0.556. The number of piperazine rings is 1. The second-order valence-corrected chi connectivity index (χ2v) is 6.60. The Morgan fingerprint density at radius 2 is 1.56 bits per heavy atom. The van der Waals surface area contributed by atoms with Gasteiger partial charge in [0.1, 0.15) is 0 Å². The minimum absolute atomic E-state index is 0. The number of hydrogen-bond donors (Lipinski definition) is 1. The van der Waals surface area contributed by atoms with Crippen molar-refractivity contribution in [2.45, 2.75) is 24.8 Å². The van der Waals surface area contributed by atoms with Crippen LogP contribution in [0.15, 0.2) is 30.3 Å². The summed E-state index contributed by atoms with van der Waals surface area (Å²) in [4.78, 5) is 28.7. The average molecular weight is 368 g/mol. The number of nitrogens with two attached hydrogens (primary N) is 1. The van der Waals surface area contributed by atoms with Crippen LogP contribution >= 0.6 is 12.4 Å². The van der Waals surface area contributed by atoms with Crippen molar-refractivity contribution in [3.8, 4) is 0 Å². The van der Waals surface area contributed by atoms with Crippen LogP contribution in [0.3, 0.4) is 0 Å². The standard InChI is InChI=1S/C18H25N3O3.ClH/c19-18(6-12-24-13-7-18)17(23)21-10-8-20(9-11-21)16(22)14-15-4-2-1-3-5-15;/h1-5H,6-14,19H2;1H. The number of nitrogens with zero attached hydrogens (tertiary/aromatic N) is 2. The fourth-order valence-electron chi connectivity index (χ4n) is 3.31. The van der Waals surface area contributed by atoms with Gasteiger partial charge in [0.2, 0.25) is 11.8 Å². The Kier molecular flexibility index (Phi) is 6.81. The highest BCUT2D eigenvalue weighted by Gasteiger charge is 2.40. The van der Waals surface area contributed by atoms with Crippen molar-refractivity contribution in [1.82, 2.24) is 9.80 Å². The lowest BCUT2D eigenvalue weighted by atomic mass is 9.89. The molecule has 25 heavy (non-hydrogen) atoms. The van der Waals surface area contributed by atoms with Crippen molar-refractivity contribution in [2.24, 2.45) is 5.73 Å². The van der Waals surface area contributed by atoms with Gasteiger partial charge in [-0.05, 0) is 18.4 Å². The second-order valence-electron chi connectivity index (χ2n) is 6.60. The molecule has 6 nitrogen and oxygen atoms in total. The Labute approximate surface area is 154 Å². The third-order valence-electron chi connectivity index (χ3n) is 4.93. The molecule has 7 heteroatoms. The summed E-state index contributed by atoms with van der Waals surface area (Å²) in [5.74, 6) is 0.114. The third-order valence-corrected chi connectivity index (χ3v) is 4.93. The predicted molar refractivity (Wildman–Crippen MR) is 97.5 cm³/mol. The first-order valence-corrected chi connectivity index (χ1v) is 8.56. The van der Waals surface area contributed by atoms with Crippen LogP contribution in [0.1, 0.15) is 18.4 Å². The zero-order chi connectivity index (χ0) is 17.0. The number of halogens is 1. The summed E-state index contributed by atoms with van der Waals surface area (Å²) in [6.45, 7) is 3.34. The van der Waals surface area contributed by atoms with Crippen LogP contribution in [0.2, 0.25) is 0 Å². The highest BCUT2D eigenvalue weighted by Crippen LogP contribution is 2.21. The Hall–Kier alpha value is -1.63. The summed E-state index contributed by atoms with van der Waals surface area (Å²) in [5, 5.41) is 0. The van der Waals surface area contributed by atoms with E-state index in [0.29, 0.717) is 58.7 Å². The van der Waals surface area contributed by atoms with Gasteiger partial charge in [0.05, 0.1) is 12.0 Å². The van der Waals surface area contributed by atoms with E-state index < -0.39 is 5.54 Å². The lowest BCUT2D eigenvalue weighted by Gasteiger charge is -2.41. The van der Waals surface area contributed by atoms with Gasteiger partial charge < -0.3 is 20.3 Å². The maximum absolute atomic E-state index is 12.7. The smallest absolute Gasteiger partial charge is 0.242 e. The van der Waals surface area contributed by atoms with Gasteiger partial charge in [0, 0.05) is 39.4 Å². The molecule has 0 aromatic heterocycles. The summed E-state index contributed by atoms with van der Waals surface area (Å²) >= 11 is 0. The van der Waals surface area contributed by atoms with Crippen LogP contribution in [0.5, 0.6) is 0 Å². The van der Waals surface area contributed by atoms with Gasteiger partial charge in [-0.25, -0.2) is 0 Å². The molecule has 2 fully saturated rings.